The van der Waals surface area contributed by atoms with Crippen LogP contribution < -0.4 is 20.7 Å². The molecule has 0 radical (unpaired) electrons. The van der Waals surface area contributed by atoms with Crippen LogP contribution in [0.1, 0.15) is 29.3 Å². The number of anilines is 3. The SMILES string of the molecule is CCCc1ccc2cc(N(C=O)CCOc3ccc(C(=O)Nc4ccccc4N)cc3)oc2c1. The number of nitrogens with zero attached hydrogens (tertiary/aromatic N) is 1. The number of nitrogens with one attached hydrogen (secondary N) is 1. The van der Waals surface area contributed by atoms with Gasteiger partial charge in [-0.3, -0.25) is 14.5 Å². The number of benzene rings is 3. The summed E-state index contributed by atoms with van der Waals surface area (Å²) in [5, 5.41) is 3.74. The summed E-state index contributed by atoms with van der Waals surface area (Å²) in [6.45, 7) is 2.72. The van der Waals surface area contributed by atoms with Crippen LogP contribution in [0, 0.1) is 0 Å². The van der Waals surface area contributed by atoms with Crippen LogP contribution in [0.3, 0.4) is 0 Å². The molecule has 7 heteroatoms. The van der Waals surface area contributed by atoms with Crippen LogP contribution in [0.25, 0.3) is 11.0 Å². The van der Waals surface area contributed by atoms with E-state index in [-0.39, 0.29) is 12.5 Å². The molecule has 1 heterocycles. The molecule has 4 rings (SSSR count). The Labute approximate surface area is 198 Å². The van der Waals surface area contributed by atoms with Crippen LogP contribution in [0.2, 0.25) is 0 Å². The zero-order valence-electron chi connectivity index (χ0n) is 19.0. The summed E-state index contributed by atoms with van der Waals surface area (Å²) in [7, 11) is 0. The summed E-state index contributed by atoms with van der Waals surface area (Å²) >= 11 is 0. The summed E-state index contributed by atoms with van der Waals surface area (Å²) < 4.78 is 11.7. The first kappa shape index (κ1) is 22.9. The molecular formula is C27H27N3O4. The van der Waals surface area contributed by atoms with Crippen LogP contribution >= 0.6 is 0 Å². The normalized spacial score (nSPS) is 10.7. The molecule has 1 aromatic heterocycles. The molecule has 0 fully saturated rings. The van der Waals surface area contributed by atoms with Crippen molar-refractivity contribution in [1.82, 2.24) is 0 Å². The molecule has 0 bridgehead atoms. The van der Waals surface area contributed by atoms with Crippen molar-refractivity contribution < 1.29 is 18.7 Å². The Morgan fingerprint density at radius 3 is 2.62 bits per heavy atom. The number of nitrogen functional groups attached to an aromatic ring is 1. The Kier molecular flexibility index (Phi) is 7.13. The van der Waals surface area contributed by atoms with Gasteiger partial charge in [0.05, 0.1) is 17.9 Å². The number of amides is 2. The summed E-state index contributed by atoms with van der Waals surface area (Å²) in [4.78, 5) is 25.6. The van der Waals surface area contributed by atoms with Crippen molar-refractivity contribution in [2.75, 3.05) is 29.1 Å². The van der Waals surface area contributed by atoms with Gasteiger partial charge in [0.25, 0.3) is 5.91 Å². The number of para-hydroxylation sites is 2. The van der Waals surface area contributed by atoms with Crippen LogP contribution in [-0.4, -0.2) is 25.5 Å². The largest absolute Gasteiger partial charge is 0.492 e. The molecule has 0 spiro atoms. The highest BCUT2D eigenvalue weighted by atomic mass is 16.5. The van der Waals surface area contributed by atoms with Gasteiger partial charge in [-0.15, -0.1) is 0 Å². The molecule has 3 N–H and O–H groups in total. The average molecular weight is 458 g/mol. The number of aryl methyl sites for hydroxylation is 1. The number of hydrogen-bond acceptors (Lipinski definition) is 5. The summed E-state index contributed by atoms with van der Waals surface area (Å²) in [6, 6.07) is 21.8. The van der Waals surface area contributed by atoms with E-state index in [1.54, 1.807) is 48.5 Å². The first-order chi connectivity index (χ1) is 16.6. The third-order valence-electron chi connectivity index (χ3n) is 5.45. The minimum atomic E-state index is -0.261. The van der Waals surface area contributed by atoms with Gasteiger partial charge in [-0.1, -0.05) is 37.6 Å². The number of rotatable bonds is 10. The molecule has 174 valence electrons. The van der Waals surface area contributed by atoms with Crippen molar-refractivity contribution in [2.24, 2.45) is 0 Å². The fourth-order valence-electron chi connectivity index (χ4n) is 3.63. The molecule has 0 saturated heterocycles. The molecule has 3 aromatic carbocycles. The maximum atomic E-state index is 12.4. The second kappa shape index (κ2) is 10.6. The van der Waals surface area contributed by atoms with Gasteiger partial charge >= 0.3 is 0 Å². The highest BCUT2D eigenvalue weighted by Gasteiger charge is 2.13. The molecule has 2 amide bonds. The number of hydrogen-bond donors (Lipinski definition) is 2. The van der Waals surface area contributed by atoms with Crippen molar-refractivity contribution in [2.45, 2.75) is 19.8 Å². The highest BCUT2D eigenvalue weighted by molar-refractivity contribution is 6.05. The monoisotopic (exact) mass is 457 g/mol. The van der Waals surface area contributed by atoms with Gasteiger partial charge in [0, 0.05) is 17.0 Å². The predicted molar refractivity (Wildman–Crippen MR) is 134 cm³/mol. The van der Waals surface area contributed by atoms with E-state index in [1.165, 1.54) is 10.5 Å². The Balaban J connectivity index is 1.33. The van der Waals surface area contributed by atoms with E-state index in [2.05, 4.69) is 18.3 Å². The Hall–Kier alpha value is -4.26. The first-order valence-corrected chi connectivity index (χ1v) is 11.2. The average Bonchev–Trinajstić information content (AvgIpc) is 3.27. The van der Waals surface area contributed by atoms with Crippen molar-refractivity contribution in [3.05, 3.63) is 83.9 Å². The molecule has 34 heavy (non-hydrogen) atoms. The van der Waals surface area contributed by atoms with E-state index in [0.29, 0.717) is 35.1 Å². The Bertz CT molecular complexity index is 1280. The summed E-state index contributed by atoms with van der Waals surface area (Å²) in [5.41, 5.74) is 9.39. The van der Waals surface area contributed by atoms with Crippen molar-refractivity contribution in [1.29, 1.82) is 0 Å². The van der Waals surface area contributed by atoms with E-state index in [0.717, 1.165) is 30.2 Å². The lowest BCUT2D eigenvalue weighted by Crippen LogP contribution is -2.26. The van der Waals surface area contributed by atoms with Gasteiger partial charge in [0.15, 0.2) is 0 Å². The Morgan fingerprint density at radius 1 is 1.09 bits per heavy atom. The van der Waals surface area contributed by atoms with Crippen LogP contribution in [0.5, 0.6) is 5.75 Å². The van der Waals surface area contributed by atoms with E-state index in [4.69, 9.17) is 14.9 Å². The molecule has 0 saturated carbocycles. The molecule has 4 aromatic rings. The molecule has 7 nitrogen and oxygen atoms in total. The molecule has 0 aliphatic rings. The van der Waals surface area contributed by atoms with Crippen molar-refractivity contribution in [3.63, 3.8) is 0 Å². The standard InChI is InChI=1S/C27H27N3O4/c1-2-5-19-8-9-21-17-26(34-25(21)16-19)30(18-31)14-15-33-22-12-10-20(11-13-22)27(32)29-24-7-4-3-6-23(24)28/h3-4,6-13,16-18H,2,5,14-15,28H2,1H3,(H,29,32). The molecule has 0 aliphatic carbocycles. The number of nitrogens with two attached hydrogens (primary N) is 1. The minimum Gasteiger partial charge on any atom is -0.492 e. The van der Waals surface area contributed by atoms with Gasteiger partial charge in [-0.2, -0.15) is 0 Å². The fraction of sp³-hybridized carbons (Fsp3) is 0.185. The molecule has 0 aliphatic heterocycles. The zero-order chi connectivity index (χ0) is 23.9. The summed E-state index contributed by atoms with van der Waals surface area (Å²) in [6.07, 6.45) is 2.78. The number of carbonyl (C=O) groups is 2. The maximum absolute atomic E-state index is 12.4. The first-order valence-electron chi connectivity index (χ1n) is 11.2. The topological polar surface area (TPSA) is 97.8 Å². The number of fused-ring (bicyclic) bond motifs is 1. The van der Waals surface area contributed by atoms with Gasteiger partial charge in [0.1, 0.15) is 17.9 Å². The minimum absolute atomic E-state index is 0.261. The molecule has 0 unspecified atom stereocenters. The third-order valence-corrected chi connectivity index (χ3v) is 5.45. The van der Waals surface area contributed by atoms with Gasteiger partial charge in [0.2, 0.25) is 12.3 Å². The smallest absolute Gasteiger partial charge is 0.255 e. The van der Waals surface area contributed by atoms with E-state index in [9.17, 15) is 9.59 Å². The van der Waals surface area contributed by atoms with Crippen molar-refractivity contribution >= 4 is 40.5 Å². The lowest BCUT2D eigenvalue weighted by molar-refractivity contribution is -0.107. The second-order valence-electron chi connectivity index (χ2n) is 7.92. The lowest BCUT2D eigenvalue weighted by atomic mass is 10.1. The number of carbonyl (C=O) groups excluding carboxylic acids is 2. The lowest BCUT2D eigenvalue weighted by Gasteiger charge is -2.14. The molecule has 0 atom stereocenters. The maximum Gasteiger partial charge on any atom is 0.255 e. The van der Waals surface area contributed by atoms with Gasteiger partial charge in [-0.05, 0) is 54.4 Å². The van der Waals surface area contributed by atoms with Crippen molar-refractivity contribution in [3.8, 4) is 5.75 Å². The second-order valence-corrected chi connectivity index (χ2v) is 7.92. The van der Waals surface area contributed by atoms with Crippen LogP contribution in [-0.2, 0) is 11.2 Å². The number of furan rings is 1. The highest BCUT2D eigenvalue weighted by Crippen LogP contribution is 2.27. The molecular weight excluding hydrogens is 430 g/mol. The fourth-order valence-corrected chi connectivity index (χ4v) is 3.63. The van der Waals surface area contributed by atoms with Gasteiger partial charge < -0.3 is 20.2 Å². The summed E-state index contributed by atoms with van der Waals surface area (Å²) in [5.74, 6) is 0.813. The Morgan fingerprint density at radius 2 is 1.88 bits per heavy atom. The van der Waals surface area contributed by atoms with E-state index >= 15 is 0 Å². The van der Waals surface area contributed by atoms with Crippen LogP contribution in [0.4, 0.5) is 17.3 Å². The third kappa shape index (κ3) is 5.38. The van der Waals surface area contributed by atoms with E-state index in [1.807, 2.05) is 18.2 Å². The van der Waals surface area contributed by atoms with Gasteiger partial charge in [-0.25, -0.2) is 0 Å². The van der Waals surface area contributed by atoms with E-state index < -0.39 is 0 Å². The zero-order valence-corrected chi connectivity index (χ0v) is 19.0. The quantitative estimate of drug-likeness (QED) is 0.250. The number of ether oxygens (including phenoxy) is 1. The predicted octanol–water partition coefficient (Wildman–Crippen LogP) is 5.26. The van der Waals surface area contributed by atoms with Crippen LogP contribution in [0.15, 0.2) is 77.2 Å².